The SMILES string of the molecule is CCC(CO)(CO)COP([O-])[O-]. The summed E-state index contributed by atoms with van der Waals surface area (Å²) in [6, 6.07) is 0. The molecule has 5 nitrogen and oxygen atoms in total. The van der Waals surface area contributed by atoms with Gasteiger partial charge in [-0.25, -0.2) is 0 Å². The van der Waals surface area contributed by atoms with Crippen molar-refractivity contribution in [2.75, 3.05) is 19.8 Å². The molecule has 74 valence electrons. The molecule has 0 fully saturated rings. The van der Waals surface area contributed by atoms with E-state index in [4.69, 9.17) is 10.2 Å². The van der Waals surface area contributed by atoms with Crippen LogP contribution >= 0.6 is 8.60 Å². The second kappa shape index (κ2) is 5.80. The van der Waals surface area contributed by atoms with Crippen molar-refractivity contribution in [3.05, 3.63) is 0 Å². The summed E-state index contributed by atoms with van der Waals surface area (Å²) in [6.45, 7) is 0.995. The normalized spacial score (nSPS) is 12.5. The lowest BCUT2D eigenvalue weighted by Gasteiger charge is -2.36. The van der Waals surface area contributed by atoms with E-state index in [0.29, 0.717) is 6.42 Å². The standard InChI is InChI=1S/C6H13O5P/c1-2-6(3-7,4-8)5-11-12(9)10/h7-8H,2-5H2,1H3/q-2. The van der Waals surface area contributed by atoms with Crippen LogP contribution in [0.2, 0.25) is 0 Å². The summed E-state index contributed by atoms with van der Waals surface area (Å²) in [5.41, 5.74) is -0.838. The van der Waals surface area contributed by atoms with Gasteiger partial charge in [-0.05, 0) is 6.42 Å². The summed E-state index contributed by atoms with van der Waals surface area (Å²) >= 11 is 0. The topological polar surface area (TPSA) is 95.8 Å². The van der Waals surface area contributed by atoms with Crippen molar-refractivity contribution in [3.8, 4) is 0 Å². The van der Waals surface area contributed by atoms with Gasteiger partial charge in [0.1, 0.15) is 0 Å². The van der Waals surface area contributed by atoms with Crippen molar-refractivity contribution in [2.24, 2.45) is 5.41 Å². The Bertz CT molecular complexity index is 106. The van der Waals surface area contributed by atoms with Crippen LogP contribution in [0.15, 0.2) is 0 Å². The molecular formula is C6H13O5P-2. The minimum absolute atomic E-state index is 0.171. The van der Waals surface area contributed by atoms with Crippen LogP contribution in [-0.4, -0.2) is 30.0 Å². The third-order valence-corrected chi connectivity index (χ3v) is 2.24. The minimum atomic E-state index is -2.90. The molecule has 0 aromatic rings. The molecule has 0 atom stereocenters. The zero-order chi connectivity index (χ0) is 9.61. The summed E-state index contributed by atoms with van der Waals surface area (Å²) in [7, 11) is -2.90. The van der Waals surface area contributed by atoms with Crippen LogP contribution in [0.1, 0.15) is 13.3 Å². The van der Waals surface area contributed by atoms with Gasteiger partial charge in [0, 0.05) is 5.41 Å². The lowest BCUT2D eigenvalue weighted by atomic mass is 9.88. The van der Waals surface area contributed by atoms with E-state index in [0.717, 1.165) is 0 Å². The van der Waals surface area contributed by atoms with Crippen molar-refractivity contribution < 1.29 is 24.5 Å². The molecule has 0 aromatic heterocycles. The molecule has 2 N–H and O–H groups in total. The zero-order valence-corrected chi connectivity index (χ0v) is 7.79. The highest BCUT2D eigenvalue weighted by molar-refractivity contribution is 7.36. The highest BCUT2D eigenvalue weighted by atomic mass is 31.2. The van der Waals surface area contributed by atoms with E-state index >= 15 is 0 Å². The van der Waals surface area contributed by atoms with Crippen LogP contribution in [0.3, 0.4) is 0 Å². The molecule has 0 saturated carbocycles. The van der Waals surface area contributed by atoms with Crippen LogP contribution in [0.4, 0.5) is 0 Å². The van der Waals surface area contributed by atoms with Crippen molar-refractivity contribution in [2.45, 2.75) is 13.3 Å². The molecular weight excluding hydrogens is 183 g/mol. The number of hydrogen-bond donors (Lipinski definition) is 2. The maximum absolute atomic E-state index is 10.0. The Hall–Kier alpha value is 0.230. The van der Waals surface area contributed by atoms with Gasteiger partial charge >= 0.3 is 0 Å². The third-order valence-electron chi connectivity index (χ3n) is 1.90. The van der Waals surface area contributed by atoms with Gasteiger partial charge < -0.3 is 24.5 Å². The monoisotopic (exact) mass is 196 g/mol. The minimum Gasteiger partial charge on any atom is -0.820 e. The van der Waals surface area contributed by atoms with E-state index in [9.17, 15) is 9.79 Å². The van der Waals surface area contributed by atoms with Gasteiger partial charge in [-0.3, -0.25) is 0 Å². The lowest BCUT2D eigenvalue weighted by Crippen LogP contribution is -2.34. The van der Waals surface area contributed by atoms with E-state index in [-0.39, 0.29) is 19.8 Å². The Balaban J connectivity index is 3.93. The molecule has 0 radical (unpaired) electrons. The lowest BCUT2D eigenvalue weighted by molar-refractivity contribution is -0.320. The molecule has 0 heterocycles. The quantitative estimate of drug-likeness (QED) is 0.495. The number of aliphatic hydroxyl groups is 2. The summed E-state index contributed by atoms with van der Waals surface area (Å²) in [5, 5.41) is 17.7. The molecule has 0 amide bonds. The molecule has 0 aliphatic carbocycles. The first-order valence-corrected chi connectivity index (χ1v) is 4.69. The van der Waals surface area contributed by atoms with Gasteiger partial charge in [0.25, 0.3) is 0 Å². The van der Waals surface area contributed by atoms with E-state index in [1.807, 2.05) is 0 Å². The number of hydrogen-bond acceptors (Lipinski definition) is 5. The smallest absolute Gasteiger partial charge is 0.0576 e. The summed E-state index contributed by atoms with van der Waals surface area (Å²) < 4.78 is 4.31. The van der Waals surface area contributed by atoms with Gasteiger partial charge in [0.2, 0.25) is 0 Å². The second-order valence-electron chi connectivity index (χ2n) is 2.67. The molecule has 0 saturated heterocycles. The van der Waals surface area contributed by atoms with Crippen LogP contribution in [0.5, 0.6) is 0 Å². The van der Waals surface area contributed by atoms with Gasteiger partial charge in [-0.1, -0.05) is 6.92 Å². The first kappa shape index (κ1) is 12.2. The molecule has 0 spiro atoms. The molecule has 0 rings (SSSR count). The molecule has 0 aliphatic heterocycles. The number of rotatable bonds is 6. The van der Waals surface area contributed by atoms with Crippen molar-refractivity contribution in [1.29, 1.82) is 0 Å². The van der Waals surface area contributed by atoms with Crippen molar-refractivity contribution in [1.82, 2.24) is 0 Å². The molecule has 6 heteroatoms. The summed E-state index contributed by atoms with van der Waals surface area (Å²) in [6.07, 6.45) is 0.461. The van der Waals surface area contributed by atoms with Gasteiger partial charge in [-0.15, -0.1) is 0 Å². The predicted molar refractivity (Wildman–Crippen MR) is 39.8 cm³/mol. The summed E-state index contributed by atoms with van der Waals surface area (Å²) in [5.74, 6) is 0. The van der Waals surface area contributed by atoms with Crippen LogP contribution in [-0.2, 0) is 4.52 Å². The number of aliphatic hydroxyl groups excluding tert-OH is 2. The maximum Gasteiger partial charge on any atom is 0.0576 e. The van der Waals surface area contributed by atoms with Crippen molar-refractivity contribution >= 4 is 8.60 Å². The Morgan fingerprint density at radius 3 is 2.08 bits per heavy atom. The fraction of sp³-hybridized carbons (Fsp3) is 1.00. The maximum atomic E-state index is 10.0. The Labute approximate surface area is 72.6 Å². The molecule has 0 unspecified atom stereocenters. The molecule has 0 bridgehead atoms. The highest BCUT2D eigenvalue weighted by Gasteiger charge is 2.26. The largest absolute Gasteiger partial charge is 0.820 e. The first-order valence-electron chi connectivity index (χ1n) is 3.59. The van der Waals surface area contributed by atoms with Crippen LogP contribution in [0, 0.1) is 5.41 Å². The van der Waals surface area contributed by atoms with Gasteiger partial charge in [-0.2, -0.15) is 8.60 Å². The Morgan fingerprint density at radius 2 is 1.83 bits per heavy atom. The van der Waals surface area contributed by atoms with E-state index in [1.165, 1.54) is 0 Å². The third kappa shape index (κ3) is 3.76. The fourth-order valence-electron chi connectivity index (χ4n) is 0.657. The van der Waals surface area contributed by atoms with Crippen LogP contribution < -0.4 is 9.79 Å². The second-order valence-corrected chi connectivity index (χ2v) is 3.37. The highest BCUT2D eigenvalue weighted by Crippen LogP contribution is 2.25. The van der Waals surface area contributed by atoms with Gasteiger partial charge in [0.05, 0.1) is 19.8 Å². The van der Waals surface area contributed by atoms with Gasteiger partial charge in [0.15, 0.2) is 0 Å². The van der Waals surface area contributed by atoms with E-state index < -0.39 is 14.0 Å². The first-order chi connectivity index (χ1) is 5.60. The van der Waals surface area contributed by atoms with E-state index in [2.05, 4.69) is 4.52 Å². The Kier molecular flexibility index (Phi) is 5.92. The zero-order valence-electron chi connectivity index (χ0n) is 6.89. The van der Waals surface area contributed by atoms with Crippen molar-refractivity contribution in [3.63, 3.8) is 0 Å². The van der Waals surface area contributed by atoms with Crippen LogP contribution in [0.25, 0.3) is 0 Å². The molecule has 0 aliphatic rings. The Morgan fingerprint density at radius 1 is 1.33 bits per heavy atom. The fourth-order valence-corrected chi connectivity index (χ4v) is 1.04. The summed E-state index contributed by atoms with van der Waals surface area (Å²) in [4.78, 5) is 20.1. The predicted octanol–water partition coefficient (Wildman–Crippen LogP) is -1.67. The average Bonchev–Trinajstić information content (AvgIpc) is 2.08. The average molecular weight is 196 g/mol. The molecule has 0 aromatic carbocycles. The molecule has 12 heavy (non-hydrogen) atoms. The van der Waals surface area contributed by atoms with E-state index in [1.54, 1.807) is 6.92 Å².